The van der Waals surface area contributed by atoms with E-state index in [0.717, 1.165) is 39.8 Å². The number of carboxylic acids is 1. The van der Waals surface area contributed by atoms with Gasteiger partial charge in [0.2, 0.25) is 0 Å². The van der Waals surface area contributed by atoms with Crippen LogP contribution in [0.15, 0.2) is 17.4 Å². The van der Waals surface area contributed by atoms with Gasteiger partial charge in [-0.15, -0.1) is 0 Å². The van der Waals surface area contributed by atoms with Gasteiger partial charge in [-0.25, -0.2) is 9.97 Å². The first-order valence-corrected chi connectivity index (χ1v) is 8.56. The maximum absolute atomic E-state index is 10.8. The molecule has 2 aromatic rings. The summed E-state index contributed by atoms with van der Waals surface area (Å²) < 4.78 is 2.13. The summed E-state index contributed by atoms with van der Waals surface area (Å²) in [6.45, 7) is 1.99. The smallest absolute Gasteiger partial charge is 0.313 e. The van der Waals surface area contributed by atoms with Gasteiger partial charge in [-0.1, -0.05) is 11.8 Å². The molecule has 2 aromatic heterocycles. The van der Waals surface area contributed by atoms with Crippen LogP contribution in [0, 0.1) is 6.92 Å². The summed E-state index contributed by atoms with van der Waals surface area (Å²) in [5.41, 5.74) is 2.79. The summed E-state index contributed by atoms with van der Waals surface area (Å²) in [4.78, 5) is 19.9. The van der Waals surface area contributed by atoms with Gasteiger partial charge in [-0.3, -0.25) is 9.36 Å². The highest BCUT2D eigenvalue weighted by Crippen LogP contribution is 2.34. The van der Waals surface area contributed by atoms with Crippen molar-refractivity contribution < 1.29 is 9.90 Å². The Kier molecular flexibility index (Phi) is 3.89. The van der Waals surface area contributed by atoms with Crippen LogP contribution in [0.25, 0.3) is 11.2 Å². The lowest BCUT2D eigenvalue weighted by Crippen LogP contribution is -2.11. The first-order valence-electron chi connectivity index (χ1n) is 6.42. The molecule has 0 amide bonds. The predicted octanol–water partition coefficient (Wildman–Crippen LogP) is 2.59. The van der Waals surface area contributed by atoms with Gasteiger partial charge < -0.3 is 5.11 Å². The molecule has 1 aliphatic heterocycles. The third-order valence-corrected chi connectivity index (χ3v) is 5.31. The number of hydrogen-bond donors (Lipinski definition) is 1. The van der Waals surface area contributed by atoms with Crippen LogP contribution in [0.4, 0.5) is 0 Å². The normalized spacial score (nSPS) is 18.8. The number of aromatic nitrogens is 3. The number of aryl methyl sites for hydroxylation is 1. The van der Waals surface area contributed by atoms with E-state index in [-0.39, 0.29) is 5.75 Å². The topological polar surface area (TPSA) is 68.0 Å². The van der Waals surface area contributed by atoms with Crippen LogP contribution in [0.3, 0.4) is 0 Å². The third-order valence-electron chi connectivity index (χ3n) is 3.23. The monoisotopic (exact) mass is 309 g/mol. The number of rotatable bonds is 4. The van der Waals surface area contributed by atoms with Gasteiger partial charge in [0.15, 0.2) is 10.8 Å². The quantitative estimate of drug-likeness (QED) is 0.876. The molecule has 1 fully saturated rings. The Balaban J connectivity index is 2.05. The van der Waals surface area contributed by atoms with Gasteiger partial charge in [0.05, 0.1) is 5.75 Å². The fraction of sp³-hybridized carbons (Fsp3) is 0.462. The maximum Gasteiger partial charge on any atom is 0.313 e. The second-order valence-electron chi connectivity index (χ2n) is 4.82. The van der Waals surface area contributed by atoms with Gasteiger partial charge in [0.1, 0.15) is 5.52 Å². The third kappa shape index (κ3) is 2.64. The maximum atomic E-state index is 10.8. The van der Waals surface area contributed by atoms with Crippen molar-refractivity contribution in [1.29, 1.82) is 0 Å². The lowest BCUT2D eigenvalue weighted by atomic mass is 10.2. The molecule has 0 saturated carbocycles. The molecule has 0 spiro atoms. The molecule has 1 saturated heterocycles. The molecule has 0 radical (unpaired) electrons. The Morgan fingerprint density at radius 1 is 1.65 bits per heavy atom. The molecule has 3 rings (SSSR count). The number of carboxylic acid groups (broad SMARTS) is 1. The van der Waals surface area contributed by atoms with Gasteiger partial charge in [0.25, 0.3) is 0 Å². The van der Waals surface area contributed by atoms with Crippen molar-refractivity contribution in [2.45, 2.75) is 24.5 Å². The van der Waals surface area contributed by atoms with E-state index in [1.807, 2.05) is 30.9 Å². The second-order valence-corrected chi connectivity index (χ2v) is 6.91. The van der Waals surface area contributed by atoms with E-state index in [9.17, 15) is 4.79 Å². The Morgan fingerprint density at radius 2 is 2.50 bits per heavy atom. The van der Waals surface area contributed by atoms with Crippen molar-refractivity contribution in [3.05, 3.63) is 17.8 Å². The second kappa shape index (κ2) is 5.65. The van der Waals surface area contributed by atoms with Gasteiger partial charge >= 0.3 is 5.97 Å². The largest absolute Gasteiger partial charge is 0.481 e. The summed E-state index contributed by atoms with van der Waals surface area (Å²) in [5.74, 6) is 1.39. The molecule has 1 unspecified atom stereocenters. The number of pyridine rings is 1. The molecule has 20 heavy (non-hydrogen) atoms. The molecular weight excluding hydrogens is 294 g/mol. The molecule has 106 valence electrons. The minimum absolute atomic E-state index is 0.0299. The lowest BCUT2D eigenvalue weighted by molar-refractivity contribution is -0.133. The van der Waals surface area contributed by atoms with Crippen molar-refractivity contribution in [1.82, 2.24) is 14.5 Å². The number of hydrogen-bond acceptors (Lipinski definition) is 5. The molecule has 5 nitrogen and oxygen atoms in total. The first kappa shape index (κ1) is 13.8. The van der Waals surface area contributed by atoms with Crippen LogP contribution < -0.4 is 0 Å². The number of fused-ring (bicyclic) bond motifs is 1. The zero-order valence-corrected chi connectivity index (χ0v) is 12.7. The van der Waals surface area contributed by atoms with Crippen molar-refractivity contribution in [2.75, 3.05) is 17.3 Å². The van der Waals surface area contributed by atoms with Crippen LogP contribution in [0.5, 0.6) is 0 Å². The van der Waals surface area contributed by atoms with E-state index in [2.05, 4.69) is 14.5 Å². The molecule has 0 aliphatic carbocycles. The Labute approximate surface area is 125 Å². The fourth-order valence-electron chi connectivity index (χ4n) is 2.34. The molecule has 1 N–H and O–H groups in total. The SMILES string of the molecule is Cc1cnc2c(c1)nc(SCC(=O)O)n2C1CCSC1. The predicted molar refractivity (Wildman–Crippen MR) is 81.6 cm³/mol. The highest BCUT2D eigenvalue weighted by molar-refractivity contribution is 8.00. The minimum Gasteiger partial charge on any atom is -0.481 e. The van der Waals surface area contributed by atoms with Crippen molar-refractivity contribution in [2.24, 2.45) is 0 Å². The molecule has 3 heterocycles. The van der Waals surface area contributed by atoms with Crippen molar-refractivity contribution >= 4 is 40.7 Å². The summed E-state index contributed by atoms with van der Waals surface area (Å²) in [5, 5.41) is 9.64. The minimum atomic E-state index is -0.821. The molecular formula is C13H15N3O2S2. The Morgan fingerprint density at radius 3 is 3.20 bits per heavy atom. The number of carbonyl (C=O) groups is 1. The number of imidazole rings is 1. The van der Waals surface area contributed by atoms with Crippen LogP contribution >= 0.6 is 23.5 Å². The zero-order valence-electron chi connectivity index (χ0n) is 11.1. The zero-order chi connectivity index (χ0) is 14.1. The van der Waals surface area contributed by atoms with E-state index in [1.54, 1.807) is 0 Å². The molecule has 0 aromatic carbocycles. The lowest BCUT2D eigenvalue weighted by Gasteiger charge is -2.14. The number of nitrogens with zero attached hydrogens (tertiary/aromatic N) is 3. The summed E-state index contributed by atoms with van der Waals surface area (Å²) in [6.07, 6.45) is 2.93. The van der Waals surface area contributed by atoms with Crippen molar-refractivity contribution in [3.63, 3.8) is 0 Å². The van der Waals surface area contributed by atoms with E-state index >= 15 is 0 Å². The number of aliphatic carboxylic acids is 1. The molecule has 0 bridgehead atoms. The van der Waals surface area contributed by atoms with E-state index in [1.165, 1.54) is 11.8 Å². The van der Waals surface area contributed by atoms with Crippen LogP contribution in [-0.4, -0.2) is 42.9 Å². The van der Waals surface area contributed by atoms with Crippen molar-refractivity contribution in [3.8, 4) is 0 Å². The summed E-state index contributed by atoms with van der Waals surface area (Å²) in [6, 6.07) is 2.38. The molecule has 7 heteroatoms. The summed E-state index contributed by atoms with van der Waals surface area (Å²) >= 11 is 3.20. The van der Waals surface area contributed by atoms with Crippen LogP contribution in [0.2, 0.25) is 0 Å². The Hall–Kier alpha value is -1.21. The van der Waals surface area contributed by atoms with E-state index in [0.29, 0.717) is 6.04 Å². The highest BCUT2D eigenvalue weighted by Gasteiger charge is 2.24. The first-order chi connectivity index (χ1) is 9.65. The standard InChI is InChI=1S/C13H15N3O2S2/c1-8-4-10-12(14-5-8)16(9-2-3-19-6-9)13(15-10)20-7-11(17)18/h4-5,9H,2-3,6-7H2,1H3,(H,17,18). The van der Waals surface area contributed by atoms with Crippen LogP contribution in [0.1, 0.15) is 18.0 Å². The van der Waals surface area contributed by atoms with Gasteiger partial charge in [-0.05, 0) is 30.7 Å². The Bertz CT molecular complexity index is 650. The van der Waals surface area contributed by atoms with Gasteiger partial charge in [-0.2, -0.15) is 11.8 Å². The summed E-state index contributed by atoms with van der Waals surface area (Å²) in [7, 11) is 0. The highest BCUT2D eigenvalue weighted by atomic mass is 32.2. The fourth-order valence-corrected chi connectivity index (χ4v) is 4.33. The van der Waals surface area contributed by atoms with Crippen LogP contribution in [-0.2, 0) is 4.79 Å². The molecule has 1 atom stereocenters. The average Bonchev–Trinajstić information content (AvgIpc) is 3.01. The van der Waals surface area contributed by atoms with E-state index in [4.69, 9.17) is 5.11 Å². The number of thioether (sulfide) groups is 2. The molecule has 1 aliphatic rings. The van der Waals surface area contributed by atoms with E-state index < -0.39 is 5.97 Å². The van der Waals surface area contributed by atoms with Gasteiger partial charge in [0, 0.05) is 18.0 Å². The average molecular weight is 309 g/mol.